The van der Waals surface area contributed by atoms with Gasteiger partial charge < -0.3 is 24.3 Å². The third-order valence-electron chi connectivity index (χ3n) is 5.00. The first-order chi connectivity index (χ1) is 13.9. The van der Waals surface area contributed by atoms with Crippen molar-refractivity contribution in [3.8, 4) is 23.0 Å². The second-order valence-corrected chi connectivity index (χ2v) is 7.29. The van der Waals surface area contributed by atoms with Gasteiger partial charge >= 0.3 is 0 Å². The molecule has 9 nitrogen and oxygen atoms in total. The average Bonchev–Trinajstić information content (AvgIpc) is 3.51. The summed E-state index contributed by atoms with van der Waals surface area (Å²) in [6.45, 7) is 0. The number of nitrogens with one attached hydrogen (secondary N) is 1. The maximum absolute atomic E-state index is 12.0. The number of nitrogens with zero attached hydrogens (tertiary/aromatic N) is 5. The third-order valence-corrected chi connectivity index (χ3v) is 5.00. The van der Waals surface area contributed by atoms with E-state index in [9.17, 15) is 4.79 Å². The van der Waals surface area contributed by atoms with Gasteiger partial charge in [-0.05, 0) is 25.0 Å². The molecule has 0 aliphatic heterocycles. The molecule has 3 heterocycles. The van der Waals surface area contributed by atoms with E-state index in [4.69, 9.17) is 9.47 Å². The summed E-state index contributed by atoms with van der Waals surface area (Å²) in [7, 11) is 8.78. The zero-order chi connectivity index (χ0) is 20.7. The first kappa shape index (κ1) is 19.0. The van der Waals surface area contributed by atoms with E-state index in [0.717, 1.165) is 29.4 Å². The van der Waals surface area contributed by atoms with E-state index >= 15 is 0 Å². The molecule has 0 saturated heterocycles. The van der Waals surface area contributed by atoms with Crippen molar-refractivity contribution in [2.75, 3.05) is 38.5 Å². The molecule has 152 valence electrons. The van der Waals surface area contributed by atoms with Crippen molar-refractivity contribution in [3.05, 3.63) is 18.3 Å². The van der Waals surface area contributed by atoms with Crippen LogP contribution in [0.4, 0.5) is 11.8 Å². The van der Waals surface area contributed by atoms with Crippen molar-refractivity contribution < 1.29 is 14.3 Å². The molecule has 1 aliphatic carbocycles. The van der Waals surface area contributed by atoms with Crippen molar-refractivity contribution in [2.24, 2.45) is 13.0 Å². The van der Waals surface area contributed by atoms with Gasteiger partial charge in [0.05, 0.1) is 31.6 Å². The van der Waals surface area contributed by atoms with Crippen LogP contribution in [0.5, 0.6) is 11.8 Å². The van der Waals surface area contributed by atoms with Crippen LogP contribution in [0.25, 0.3) is 22.2 Å². The van der Waals surface area contributed by atoms with Crippen LogP contribution in [0.2, 0.25) is 0 Å². The maximum atomic E-state index is 12.0. The summed E-state index contributed by atoms with van der Waals surface area (Å²) in [6.07, 6.45) is 3.65. The van der Waals surface area contributed by atoms with Crippen molar-refractivity contribution in [1.82, 2.24) is 19.5 Å². The fraction of sp³-hybridized carbons (Fsp3) is 0.400. The van der Waals surface area contributed by atoms with Crippen molar-refractivity contribution in [2.45, 2.75) is 12.8 Å². The number of hydrogen-bond acceptors (Lipinski definition) is 7. The number of fused-ring (bicyclic) bond motifs is 1. The minimum atomic E-state index is 0.0315. The highest BCUT2D eigenvalue weighted by molar-refractivity contribution is 5.96. The SMILES string of the molecule is COc1nc(N(C)C)nc(OC)c1-c1cc2cc(NC(=O)C3CC3)ncc2n1C. The van der Waals surface area contributed by atoms with E-state index in [1.165, 1.54) is 0 Å². The van der Waals surface area contributed by atoms with Crippen LogP contribution < -0.4 is 19.7 Å². The molecule has 1 aliphatic rings. The van der Waals surface area contributed by atoms with Crippen LogP contribution in [0, 0.1) is 5.92 Å². The first-order valence-electron chi connectivity index (χ1n) is 9.37. The summed E-state index contributed by atoms with van der Waals surface area (Å²) < 4.78 is 13.1. The minimum Gasteiger partial charge on any atom is -0.480 e. The van der Waals surface area contributed by atoms with Gasteiger partial charge in [-0.25, -0.2) is 4.98 Å². The van der Waals surface area contributed by atoms with Crippen LogP contribution >= 0.6 is 0 Å². The topological polar surface area (TPSA) is 94.4 Å². The van der Waals surface area contributed by atoms with Crippen LogP contribution in [0.3, 0.4) is 0 Å². The van der Waals surface area contributed by atoms with Crippen LogP contribution in [-0.4, -0.2) is 53.7 Å². The summed E-state index contributed by atoms with van der Waals surface area (Å²) in [4.78, 5) is 27.2. The Morgan fingerprint density at radius 2 is 1.83 bits per heavy atom. The zero-order valence-electron chi connectivity index (χ0n) is 17.2. The van der Waals surface area contributed by atoms with E-state index in [0.29, 0.717) is 29.1 Å². The lowest BCUT2D eigenvalue weighted by Gasteiger charge is -2.17. The van der Waals surface area contributed by atoms with E-state index in [1.807, 2.05) is 37.8 Å². The molecule has 29 heavy (non-hydrogen) atoms. The summed E-state index contributed by atoms with van der Waals surface area (Å²) in [5.41, 5.74) is 2.39. The van der Waals surface area contributed by atoms with Gasteiger partial charge in [-0.15, -0.1) is 0 Å². The van der Waals surface area contributed by atoms with Gasteiger partial charge in [0.2, 0.25) is 23.6 Å². The predicted molar refractivity (Wildman–Crippen MR) is 111 cm³/mol. The van der Waals surface area contributed by atoms with Gasteiger partial charge in [0.15, 0.2) is 0 Å². The molecular weight excluding hydrogens is 372 g/mol. The number of carbonyl (C=O) groups is 1. The molecule has 0 spiro atoms. The Morgan fingerprint density at radius 1 is 1.17 bits per heavy atom. The molecule has 9 heteroatoms. The van der Waals surface area contributed by atoms with Crippen LogP contribution in [0.15, 0.2) is 18.3 Å². The second kappa shape index (κ2) is 7.23. The molecule has 1 saturated carbocycles. The quantitative estimate of drug-likeness (QED) is 0.684. The molecule has 1 N–H and O–H groups in total. The monoisotopic (exact) mass is 396 g/mol. The number of pyridine rings is 1. The molecule has 0 bridgehead atoms. The number of rotatable bonds is 6. The predicted octanol–water partition coefficient (Wildman–Crippen LogP) is 2.46. The Balaban J connectivity index is 1.81. The molecule has 1 fully saturated rings. The number of amides is 1. The number of methoxy groups -OCH3 is 2. The standard InChI is InChI=1S/C20H24N6O3/c1-25(2)20-23-18(28-4)16(19(24-20)29-5)13-8-12-9-15(21-10-14(12)26(13)3)22-17(27)11-6-7-11/h8-11H,6-7H2,1-5H3,(H,21,22,27). The van der Waals surface area contributed by atoms with E-state index in [2.05, 4.69) is 20.3 Å². The van der Waals surface area contributed by atoms with Gasteiger partial charge in [0, 0.05) is 32.4 Å². The van der Waals surface area contributed by atoms with Crippen LogP contribution in [-0.2, 0) is 11.8 Å². The molecule has 0 radical (unpaired) electrons. The lowest BCUT2D eigenvalue weighted by molar-refractivity contribution is -0.117. The minimum absolute atomic E-state index is 0.0315. The highest BCUT2D eigenvalue weighted by Gasteiger charge is 2.30. The van der Waals surface area contributed by atoms with E-state index in [1.54, 1.807) is 25.3 Å². The number of aromatic nitrogens is 4. The number of carbonyl (C=O) groups excluding carboxylic acids is 1. The summed E-state index contributed by atoms with van der Waals surface area (Å²) in [6, 6.07) is 3.86. The lowest BCUT2D eigenvalue weighted by Crippen LogP contribution is -2.14. The Bertz CT molecular complexity index is 1060. The smallest absolute Gasteiger partial charge is 0.231 e. The average molecular weight is 396 g/mol. The number of hydrogen-bond donors (Lipinski definition) is 1. The van der Waals surface area contributed by atoms with E-state index < -0.39 is 0 Å². The lowest BCUT2D eigenvalue weighted by atomic mass is 10.2. The Labute approximate surface area is 168 Å². The largest absolute Gasteiger partial charge is 0.480 e. The first-order valence-corrected chi connectivity index (χ1v) is 9.37. The third kappa shape index (κ3) is 3.43. The van der Waals surface area contributed by atoms with Crippen molar-refractivity contribution in [3.63, 3.8) is 0 Å². The zero-order valence-corrected chi connectivity index (χ0v) is 17.2. The Hall–Kier alpha value is -3.36. The molecule has 3 aromatic heterocycles. The number of anilines is 2. The van der Waals surface area contributed by atoms with Gasteiger partial charge in [0.1, 0.15) is 11.4 Å². The molecule has 3 aromatic rings. The van der Waals surface area contributed by atoms with Gasteiger partial charge in [-0.3, -0.25) is 4.79 Å². The fourth-order valence-electron chi connectivity index (χ4n) is 3.24. The highest BCUT2D eigenvalue weighted by atomic mass is 16.5. The van der Waals surface area contributed by atoms with Crippen LogP contribution in [0.1, 0.15) is 12.8 Å². The fourth-order valence-corrected chi connectivity index (χ4v) is 3.24. The normalized spacial score (nSPS) is 13.4. The maximum Gasteiger partial charge on any atom is 0.231 e. The molecular formula is C20H24N6O3. The molecule has 4 rings (SSSR count). The summed E-state index contributed by atoms with van der Waals surface area (Å²) >= 11 is 0. The van der Waals surface area contributed by atoms with Gasteiger partial charge in [-0.2, -0.15) is 9.97 Å². The Kier molecular flexibility index (Phi) is 4.73. The summed E-state index contributed by atoms with van der Waals surface area (Å²) in [5.74, 6) is 2.03. The molecule has 0 unspecified atom stereocenters. The Morgan fingerprint density at radius 3 is 2.38 bits per heavy atom. The van der Waals surface area contributed by atoms with Gasteiger partial charge in [0.25, 0.3) is 0 Å². The molecule has 0 atom stereocenters. The highest BCUT2D eigenvalue weighted by Crippen LogP contribution is 2.39. The summed E-state index contributed by atoms with van der Waals surface area (Å²) in [5, 5.41) is 3.83. The number of ether oxygens (including phenoxy) is 2. The molecule has 0 aromatic carbocycles. The van der Waals surface area contributed by atoms with Crippen molar-refractivity contribution in [1.29, 1.82) is 0 Å². The van der Waals surface area contributed by atoms with Crippen molar-refractivity contribution >= 4 is 28.6 Å². The molecule has 1 amide bonds. The van der Waals surface area contributed by atoms with Gasteiger partial charge in [-0.1, -0.05) is 0 Å². The van der Waals surface area contributed by atoms with E-state index in [-0.39, 0.29) is 11.8 Å². The second-order valence-electron chi connectivity index (χ2n) is 7.29. The number of aryl methyl sites for hydroxylation is 1.